The zero-order valence-electron chi connectivity index (χ0n) is 22.8. The summed E-state index contributed by atoms with van der Waals surface area (Å²) in [6, 6.07) is 17.6. The summed E-state index contributed by atoms with van der Waals surface area (Å²) in [5.74, 6) is 0.498. The van der Waals surface area contributed by atoms with Gasteiger partial charge in [0.1, 0.15) is 17.5 Å². The van der Waals surface area contributed by atoms with Gasteiger partial charge >= 0.3 is 12.1 Å². The molecule has 0 unspecified atom stereocenters. The van der Waals surface area contributed by atoms with Crippen molar-refractivity contribution in [2.75, 3.05) is 30.0 Å². The number of rotatable bonds is 11. The summed E-state index contributed by atoms with van der Waals surface area (Å²) in [6.07, 6.45) is 0.907. The van der Waals surface area contributed by atoms with E-state index in [1.54, 1.807) is 68.6 Å². The number of aromatic nitrogens is 3. The van der Waals surface area contributed by atoms with Crippen molar-refractivity contribution in [2.45, 2.75) is 26.8 Å². The minimum Gasteiger partial charge on any atom is -0.466 e. The number of carbonyl (C=O) groups is 3. The maximum Gasteiger partial charge on any atom is 0.435 e. The molecular weight excluding hydrogens is 526 g/mol. The van der Waals surface area contributed by atoms with Gasteiger partial charge < -0.3 is 25.5 Å². The summed E-state index contributed by atoms with van der Waals surface area (Å²) in [7, 11) is 0. The zero-order valence-corrected chi connectivity index (χ0v) is 22.8. The third-order valence-electron chi connectivity index (χ3n) is 5.91. The molecule has 0 aliphatic carbocycles. The van der Waals surface area contributed by atoms with Crippen LogP contribution in [-0.4, -0.2) is 58.5 Å². The number of amidine groups is 1. The Morgan fingerprint density at radius 3 is 2.46 bits per heavy atom. The highest BCUT2D eigenvalue weighted by atomic mass is 16.5. The van der Waals surface area contributed by atoms with Crippen LogP contribution in [-0.2, 0) is 20.8 Å². The van der Waals surface area contributed by atoms with Gasteiger partial charge in [-0.2, -0.15) is 4.99 Å². The van der Waals surface area contributed by atoms with E-state index in [0.29, 0.717) is 40.3 Å². The first kappa shape index (κ1) is 28.7. The third kappa shape index (κ3) is 7.66. The van der Waals surface area contributed by atoms with Crippen LogP contribution >= 0.6 is 0 Å². The second-order valence-corrected chi connectivity index (χ2v) is 8.74. The van der Waals surface area contributed by atoms with Crippen molar-refractivity contribution in [1.29, 1.82) is 0 Å². The van der Waals surface area contributed by atoms with Crippen LogP contribution in [0.25, 0.3) is 11.0 Å². The highest BCUT2D eigenvalue weighted by Gasteiger charge is 2.21. The number of ether oxygens (including phenoxy) is 2. The summed E-state index contributed by atoms with van der Waals surface area (Å²) in [5.41, 5.74) is 9.09. The first-order valence-electron chi connectivity index (χ1n) is 13.1. The van der Waals surface area contributed by atoms with E-state index in [0.717, 1.165) is 5.69 Å². The molecule has 41 heavy (non-hydrogen) atoms. The summed E-state index contributed by atoms with van der Waals surface area (Å²) < 4.78 is 9.80. The predicted octanol–water partition coefficient (Wildman–Crippen LogP) is 4.03. The average molecular weight is 558 g/mol. The van der Waals surface area contributed by atoms with Crippen LogP contribution < -0.4 is 16.0 Å². The molecule has 0 radical (unpaired) electrons. The number of hydrogen-bond acceptors (Lipinski definition) is 8. The van der Waals surface area contributed by atoms with Crippen molar-refractivity contribution in [3.05, 3.63) is 83.8 Å². The molecule has 0 saturated heterocycles. The molecule has 0 spiro atoms. The number of pyridine rings is 1. The molecule has 0 aliphatic rings. The molecule has 4 N–H and O–H groups in total. The van der Waals surface area contributed by atoms with Crippen LogP contribution in [0, 0.1) is 0 Å². The minimum atomic E-state index is -0.733. The smallest absolute Gasteiger partial charge is 0.435 e. The number of amides is 2. The molecule has 0 bridgehead atoms. The molecule has 2 aromatic heterocycles. The van der Waals surface area contributed by atoms with E-state index in [-0.39, 0.29) is 43.9 Å². The predicted molar refractivity (Wildman–Crippen MR) is 155 cm³/mol. The quantitative estimate of drug-likeness (QED) is 0.140. The molecule has 0 fully saturated rings. The zero-order chi connectivity index (χ0) is 29.2. The van der Waals surface area contributed by atoms with Gasteiger partial charge in [-0.1, -0.05) is 6.07 Å². The van der Waals surface area contributed by atoms with Crippen LogP contribution in [0.3, 0.4) is 0 Å². The van der Waals surface area contributed by atoms with E-state index in [9.17, 15) is 14.4 Å². The van der Waals surface area contributed by atoms with Crippen molar-refractivity contribution >= 4 is 46.3 Å². The fourth-order valence-corrected chi connectivity index (χ4v) is 3.97. The van der Waals surface area contributed by atoms with Crippen molar-refractivity contribution in [2.24, 2.45) is 10.7 Å². The maximum atomic E-state index is 13.5. The number of fused-ring (bicyclic) bond motifs is 1. The molecule has 0 saturated carbocycles. The Kier molecular flexibility index (Phi) is 9.60. The number of esters is 1. The van der Waals surface area contributed by atoms with Gasteiger partial charge in [0.15, 0.2) is 0 Å². The summed E-state index contributed by atoms with van der Waals surface area (Å²) in [4.78, 5) is 54.3. The Morgan fingerprint density at radius 2 is 1.76 bits per heavy atom. The van der Waals surface area contributed by atoms with E-state index in [1.165, 1.54) is 4.90 Å². The molecule has 2 heterocycles. The van der Waals surface area contributed by atoms with Gasteiger partial charge in [0.25, 0.3) is 5.91 Å². The van der Waals surface area contributed by atoms with Crippen molar-refractivity contribution in [1.82, 2.24) is 15.0 Å². The number of nitrogens with one attached hydrogen (secondary N) is 2. The third-order valence-corrected chi connectivity index (χ3v) is 5.91. The van der Waals surface area contributed by atoms with Crippen LogP contribution in [0.1, 0.15) is 42.0 Å². The SMILES string of the molecule is CCOC(=O)CCN(C(=O)c1ccc2nc(CNc3ccc(C(N)=NC(=O)OCC)cc3)[nH]c2c1)c1ccccn1. The highest BCUT2D eigenvalue weighted by molar-refractivity contribution is 6.07. The second kappa shape index (κ2) is 13.7. The fourth-order valence-electron chi connectivity index (χ4n) is 3.97. The number of nitrogens with zero attached hydrogens (tertiary/aromatic N) is 4. The van der Waals surface area contributed by atoms with Crippen molar-refractivity contribution < 1.29 is 23.9 Å². The molecule has 4 rings (SSSR count). The minimum absolute atomic E-state index is 0.0457. The number of H-pyrrole nitrogens is 1. The molecule has 0 aliphatic heterocycles. The summed E-state index contributed by atoms with van der Waals surface area (Å²) >= 11 is 0. The van der Waals surface area contributed by atoms with E-state index in [1.807, 2.05) is 12.1 Å². The maximum absolute atomic E-state index is 13.5. The number of hydrogen-bond donors (Lipinski definition) is 3. The van der Waals surface area contributed by atoms with Gasteiger partial charge in [-0.15, -0.1) is 0 Å². The number of anilines is 2. The van der Waals surface area contributed by atoms with Gasteiger partial charge in [-0.3, -0.25) is 14.5 Å². The standard InChI is InChI=1S/C29H31N7O5/c1-3-40-26(37)14-16-36(25-7-5-6-15-31-25)28(38)20-10-13-22-23(17-20)34-24(33-22)18-32-21-11-8-19(9-12-21)27(30)35-29(39)41-4-2/h5-13,15,17,32H,3-4,14,16,18H2,1-2H3,(H,33,34)(H2,30,35,39). The van der Waals surface area contributed by atoms with Gasteiger partial charge in [0.05, 0.1) is 37.2 Å². The Bertz CT molecular complexity index is 1530. The van der Waals surface area contributed by atoms with Gasteiger partial charge in [-0.05, 0) is 68.4 Å². The Morgan fingerprint density at radius 1 is 1.00 bits per heavy atom. The van der Waals surface area contributed by atoms with E-state index in [4.69, 9.17) is 15.2 Å². The monoisotopic (exact) mass is 557 g/mol. The van der Waals surface area contributed by atoms with Gasteiger partial charge in [0, 0.05) is 29.6 Å². The van der Waals surface area contributed by atoms with Crippen molar-refractivity contribution in [3.8, 4) is 0 Å². The molecule has 212 valence electrons. The largest absolute Gasteiger partial charge is 0.466 e. The first-order chi connectivity index (χ1) is 19.9. The van der Waals surface area contributed by atoms with Crippen LogP contribution in [0.5, 0.6) is 0 Å². The molecule has 12 nitrogen and oxygen atoms in total. The van der Waals surface area contributed by atoms with Crippen LogP contribution in [0.15, 0.2) is 71.9 Å². The lowest BCUT2D eigenvalue weighted by Gasteiger charge is -2.21. The molecule has 0 atom stereocenters. The second-order valence-electron chi connectivity index (χ2n) is 8.74. The number of nitrogens with two attached hydrogens (primary N) is 1. The topological polar surface area (TPSA) is 165 Å². The Balaban J connectivity index is 1.44. The molecule has 2 amide bonds. The van der Waals surface area contributed by atoms with Crippen LogP contribution in [0.4, 0.5) is 16.3 Å². The average Bonchev–Trinajstić information content (AvgIpc) is 3.39. The highest BCUT2D eigenvalue weighted by Crippen LogP contribution is 2.20. The fraction of sp³-hybridized carbons (Fsp3) is 0.241. The molecular formula is C29H31N7O5. The van der Waals surface area contributed by atoms with Gasteiger partial charge in [0.2, 0.25) is 0 Å². The van der Waals surface area contributed by atoms with Gasteiger partial charge in [-0.25, -0.2) is 14.8 Å². The number of benzene rings is 2. The number of imidazole rings is 1. The lowest BCUT2D eigenvalue weighted by atomic mass is 10.1. The summed E-state index contributed by atoms with van der Waals surface area (Å²) in [5, 5.41) is 3.27. The molecule has 2 aromatic carbocycles. The Labute approximate surface area is 236 Å². The Hall–Kier alpha value is -5.26. The van der Waals surface area contributed by atoms with Crippen LogP contribution in [0.2, 0.25) is 0 Å². The first-order valence-corrected chi connectivity index (χ1v) is 13.1. The number of aromatic amines is 1. The van der Waals surface area contributed by atoms with Crippen molar-refractivity contribution in [3.63, 3.8) is 0 Å². The number of carbonyl (C=O) groups excluding carboxylic acids is 3. The van der Waals surface area contributed by atoms with E-state index < -0.39 is 6.09 Å². The normalized spacial score (nSPS) is 11.2. The van der Waals surface area contributed by atoms with E-state index in [2.05, 4.69) is 25.3 Å². The number of aliphatic imine (C=N–C) groups is 1. The summed E-state index contributed by atoms with van der Waals surface area (Å²) in [6.45, 7) is 4.45. The van der Waals surface area contributed by atoms with E-state index >= 15 is 0 Å². The lowest BCUT2D eigenvalue weighted by molar-refractivity contribution is -0.142. The molecule has 12 heteroatoms. The lowest BCUT2D eigenvalue weighted by Crippen LogP contribution is -2.34. The molecule has 4 aromatic rings.